The lowest BCUT2D eigenvalue weighted by atomic mass is 9.42. The third kappa shape index (κ3) is 4.44. The second-order valence-corrected chi connectivity index (χ2v) is 12.7. The molecule has 4 saturated carbocycles. The van der Waals surface area contributed by atoms with Crippen LogP contribution in [0.5, 0.6) is 0 Å². The van der Waals surface area contributed by atoms with Crippen LogP contribution in [0.4, 0.5) is 0 Å². The van der Waals surface area contributed by atoms with Crippen LogP contribution in [0, 0.1) is 46.3 Å². The zero-order chi connectivity index (χ0) is 22.9. The molecule has 0 radical (unpaired) electrons. The van der Waals surface area contributed by atoms with Gasteiger partial charge in [-0.3, -0.25) is 0 Å². The molecule has 5 rings (SSSR count). The summed E-state index contributed by atoms with van der Waals surface area (Å²) in [7, 11) is 1.89. The molecule has 4 aliphatic rings. The molecule has 4 fully saturated rings. The van der Waals surface area contributed by atoms with Crippen LogP contribution in [0.3, 0.4) is 0 Å². The van der Waals surface area contributed by atoms with E-state index >= 15 is 0 Å². The lowest BCUT2D eigenvalue weighted by molar-refractivity contribution is -0.143. The number of hydrogen-bond acceptors (Lipinski definition) is 2. The van der Waals surface area contributed by atoms with Gasteiger partial charge in [0.2, 0.25) is 0 Å². The molecule has 0 aliphatic heterocycles. The fourth-order valence-electron chi connectivity index (χ4n) is 9.94. The number of nitrogens with one attached hydrogen (secondary N) is 1. The molecule has 2 heteroatoms. The summed E-state index contributed by atoms with van der Waals surface area (Å²) in [5.74, 6) is 5.66. The van der Waals surface area contributed by atoms with Crippen molar-refractivity contribution in [1.29, 1.82) is 0 Å². The molecule has 184 valence electrons. The minimum absolute atomic E-state index is 0.583. The highest BCUT2D eigenvalue weighted by Gasteiger charge is 2.58. The minimum Gasteiger partial charge on any atom is -0.384 e. The molecule has 0 amide bonds. The SMILES string of the molecule is CC[C@]12CCC3[C@@H](CC[C@]4(C)C[C@@H](COC)CC[C@H]34)C1CCC[C@@H]2CNCc1ccccc1. The molecule has 0 aromatic heterocycles. The Kier molecular flexibility index (Phi) is 7.24. The molecule has 1 N–H and O–H groups in total. The topological polar surface area (TPSA) is 21.3 Å². The van der Waals surface area contributed by atoms with Gasteiger partial charge in [0.05, 0.1) is 0 Å². The van der Waals surface area contributed by atoms with Gasteiger partial charge in [0.25, 0.3) is 0 Å². The van der Waals surface area contributed by atoms with Crippen molar-refractivity contribution in [3.8, 4) is 0 Å². The summed E-state index contributed by atoms with van der Waals surface area (Å²) in [5, 5.41) is 3.89. The molecule has 8 atom stereocenters. The predicted octanol–water partition coefficient (Wildman–Crippen LogP) is 7.48. The standard InChI is InChI=1S/C31H49NO/c1-4-31-18-16-26-27(15-17-30(2)19-24(22-33-3)13-14-28(26)30)29(31)12-8-11-25(31)21-32-20-23-9-6-5-7-10-23/h5-7,9-10,24-29,32H,4,8,11-22H2,1-3H3/t24-,25+,26?,27+,28+,29?,30+,31+/m0/s1. The van der Waals surface area contributed by atoms with E-state index in [0.717, 1.165) is 48.7 Å². The third-order valence-electron chi connectivity index (χ3n) is 11.4. The summed E-state index contributed by atoms with van der Waals surface area (Å²) in [4.78, 5) is 0. The molecule has 0 spiro atoms. The van der Waals surface area contributed by atoms with Gasteiger partial charge in [-0.1, -0.05) is 50.6 Å². The summed E-state index contributed by atoms with van der Waals surface area (Å²) < 4.78 is 5.58. The fraction of sp³-hybridized carbons (Fsp3) is 0.806. The molecular weight excluding hydrogens is 402 g/mol. The zero-order valence-electron chi connectivity index (χ0n) is 21.7. The first kappa shape index (κ1) is 23.9. The molecule has 1 aromatic carbocycles. The molecule has 0 heterocycles. The zero-order valence-corrected chi connectivity index (χ0v) is 21.7. The Labute approximate surface area is 203 Å². The number of hydrogen-bond donors (Lipinski definition) is 1. The summed E-state index contributed by atoms with van der Waals surface area (Å²) in [6.07, 6.45) is 16.1. The minimum atomic E-state index is 0.583. The van der Waals surface area contributed by atoms with E-state index in [9.17, 15) is 0 Å². The van der Waals surface area contributed by atoms with Crippen LogP contribution < -0.4 is 5.32 Å². The maximum Gasteiger partial charge on any atom is 0.0490 e. The van der Waals surface area contributed by atoms with E-state index in [1.807, 2.05) is 7.11 Å². The fourth-order valence-corrected chi connectivity index (χ4v) is 9.94. The van der Waals surface area contributed by atoms with Crippen molar-refractivity contribution in [3.05, 3.63) is 35.9 Å². The van der Waals surface area contributed by atoms with Crippen LogP contribution >= 0.6 is 0 Å². The average molecular weight is 452 g/mol. The number of rotatable bonds is 7. The highest BCUT2D eigenvalue weighted by Crippen LogP contribution is 2.66. The Balaban J connectivity index is 1.28. The van der Waals surface area contributed by atoms with Crippen molar-refractivity contribution in [2.75, 3.05) is 20.3 Å². The van der Waals surface area contributed by atoms with Crippen molar-refractivity contribution in [2.45, 2.75) is 91.0 Å². The highest BCUT2D eigenvalue weighted by atomic mass is 16.5. The summed E-state index contributed by atoms with van der Waals surface area (Å²) in [6.45, 7) is 8.42. The molecule has 0 saturated heterocycles. The molecule has 2 nitrogen and oxygen atoms in total. The van der Waals surface area contributed by atoms with Crippen LogP contribution in [0.2, 0.25) is 0 Å². The third-order valence-corrected chi connectivity index (χ3v) is 11.4. The van der Waals surface area contributed by atoms with Crippen molar-refractivity contribution < 1.29 is 4.74 Å². The Hall–Kier alpha value is -0.860. The van der Waals surface area contributed by atoms with Gasteiger partial charge in [-0.2, -0.15) is 0 Å². The second kappa shape index (κ2) is 10.0. The monoisotopic (exact) mass is 451 g/mol. The highest BCUT2D eigenvalue weighted by molar-refractivity contribution is 5.14. The summed E-state index contributed by atoms with van der Waals surface area (Å²) >= 11 is 0. The molecule has 33 heavy (non-hydrogen) atoms. The first-order valence-electron chi connectivity index (χ1n) is 14.3. The Morgan fingerprint density at radius 3 is 2.52 bits per heavy atom. The maximum absolute atomic E-state index is 5.58. The molecule has 0 bridgehead atoms. The second-order valence-electron chi connectivity index (χ2n) is 12.7. The first-order chi connectivity index (χ1) is 16.1. The molecular formula is C31H49NO. The van der Waals surface area contributed by atoms with E-state index in [0.29, 0.717) is 10.8 Å². The van der Waals surface area contributed by atoms with E-state index in [1.165, 1.54) is 82.7 Å². The molecule has 4 aliphatic carbocycles. The summed E-state index contributed by atoms with van der Waals surface area (Å²) in [6, 6.07) is 11.0. The van der Waals surface area contributed by atoms with Gasteiger partial charge >= 0.3 is 0 Å². The maximum atomic E-state index is 5.58. The van der Waals surface area contributed by atoms with Crippen molar-refractivity contribution in [1.82, 2.24) is 5.32 Å². The first-order valence-corrected chi connectivity index (χ1v) is 14.3. The van der Waals surface area contributed by atoms with Gasteiger partial charge in [-0.05, 0) is 123 Å². The van der Waals surface area contributed by atoms with Crippen molar-refractivity contribution in [3.63, 3.8) is 0 Å². The number of ether oxygens (including phenoxy) is 1. The van der Waals surface area contributed by atoms with Gasteiger partial charge in [-0.25, -0.2) is 0 Å². The van der Waals surface area contributed by atoms with Crippen LogP contribution in [-0.4, -0.2) is 20.3 Å². The van der Waals surface area contributed by atoms with Crippen molar-refractivity contribution in [2.24, 2.45) is 46.3 Å². The number of benzene rings is 1. The van der Waals surface area contributed by atoms with Crippen LogP contribution in [0.15, 0.2) is 30.3 Å². The predicted molar refractivity (Wildman–Crippen MR) is 138 cm³/mol. The van der Waals surface area contributed by atoms with E-state index < -0.39 is 0 Å². The smallest absolute Gasteiger partial charge is 0.0490 e. The molecule has 2 unspecified atom stereocenters. The van der Waals surface area contributed by atoms with E-state index in [4.69, 9.17) is 4.74 Å². The average Bonchev–Trinajstić information content (AvgIpc) is 2.84. The van der Waals surface area contributed by atoms with E-state index in [1.54, 1.807) is 0 Å². The van der Waals surface area contributed by atoms with E-state index in [-0.39, 0.29) is 0 Å². The summed E-state index contributed by atoms with van der Waals surface area (Å²) in [5.41, 5.74) is 2.61. The largest absolute Gasteiger partial charge is 0.384 e. The number of fused-ring (bicyclic) bond motifs is 5. The van der Waals surface area contributed by atoms with Gasteiger partial charge in [-0.15, -0.1) is 0 Å². The van der Waals surface area contributed by atoms with E-state index in [2.05, 4.69) is 49.5 Å². The lowest BCUT2D eigenvalue weighted by Crippen LogP contribution is -2.56. The van der Waals surface area contributed by atoms with Crippen molar-refractivity contribution >= 4 is 0 Å². The van der Waals surface area contributed by atoms with Gasteiger partial charge in [0.15, 0.2) is 0 Å². The molecule has 1 aromatic rings. The van der Waals surface area contributed by atoms with Crippen LogP contribution in [0.1, 0.15) is 90.0 Å². The lowest BCUT2D eigenvalue weighted by Gasteiger charge is -2.64. The van der Waals surface area contributed by atoms with Gasteiger partial charge < -0.3 is 10.1 Å². The Morgan fingerprint density at radius 2 is 1.73 bits per heavy atom. The number of methoxy groups -OCH3 is 1. The van der Waals surface area contributed by atoms with Gasteiger partial charge in [0.1, 0.15) is 0 Å². The van der Waals surface area contributed by atoms with Gasteiger partial charge in [0, 0.05) is 20.3 Å². The quantitative estimate of drug-likeness (QED) is 0.464. The van der Waals surface area contributed by atoms with Crippen LogP contribution in [-0.2, 0) is 11.3 Å². The van der Waals surface area contributed by atoms with Crippen LogP contribution in [0.25, 0.3) is 0 Å². The normalized spacial score (nSPS) is 42.8. The Morgan fingerprint density at radius 1 is 0.939 bits per heavy atom. The Bertz CT molecular complexity index is 763.